The number of allylic oxidation sites excluding steroid dienone is 1. The van der Waals surface area contributed by atoms with E-state index in [-0.39, 0.29) is 11.6 Å². The number of carbonyl (C=O) groups excluding carboxylic acids is 1. The maximum atomic E-state index is 11.7. The third-order valence-corrected chi connectivity index (χ3v) is 4.78. The fourth-order valence-corrected chi connectivity index (χ4v) is 3.40. The van der Waals surface area contributed by atoms with Crippen LogP contribution in [0.25, 0.3) is 0 Å². The lowest BCUT2D eigenvalue weighted by molar-refractivity contribution is 0.0697. The van der Waals surface area contributed by atoms with E-state index in [2.05, 4.69) is 5.94 Å². The minimum atomic E-state index is -0.980. The lowest BCUT2D eigenvalue weighted by atomic mass is 9.84. The van der Waals surface area contributed by atoms with Crippen LogP contribution in [0.2, 0.25) is 0 Å². The van der Waals surface area contributed by atoms with Crippen LogP contribution in [0.4, 0.5) is 5.69 Å². The molecule has 122 valence electrons. The first-order chi connectivity index (χ1) is 11.4. The SMILES string of the molecule is CC(c1ccccc1)N1C(=C=O)C(C)(C)c2ccc(C(=O)O)cc21. The van der Waals surface area contributed by atoms with Gasteiger partial charge in [-0.25, -0.2) is 9.59 Å². The topological polar surface area (TPSA) is 57.6 Å². The molecular weight excluding hydrogens is 302 g/mol. The number of anilines is 1. The minimum Gasteiger partial charge on any atom is -0.478 e. The van der Waals surface area contributed by atoms with Crippen molar-refractivity contribution >= 4 is 17.6 Å². The van der Waals surface area contributed by atoms with E-state index in [0.29, 0.717) is 5.70 Å². The molecule has 1 atom stereocenters. The van der Waals surface area contributed by atoms with Gasteiger partial charge < -0.3 is 10.0 Å². The Morgan fingerprint density at radius 1 is 1.17 bits per heavy atom. The van der Waals surface area contributed by atoms with E-state index in [1.807, 2.05) is 56.0 Å². The molecule has 2 aromatic rings. The summed E-state index contributed by atoms with van der Waals surface area (Å²) in [6, 6.07) is 14.8. The van der Waals surface area contributed by atoms with Gasteiger partial charge in [0.1, 0.15) is 11.6 Å². The minimum absolute atomic E-state index is 0.104. The first-order valence-electron chi connectivity index (χ1n) is 7.85. The van der Waals surface area contributed by atoms with Crippen molar-refractivity contribution in [1.29, 1.82) is 0 Å². The summed E-state index contributed by atoms with van der Waals surface area (Å²) in [5, 5.41) is 9.31. The van der Waals surface area contributed by atoms with Gasteiger partial charge in [0.2, 0.25) is 0 Å². The molecule has 0 aliphatic carbocycles. The summed E-state index contributed by atoms with van der Waals surface area (Å²) < 4.78 is 0. The zero-order valence-corrected chi connectivity index (χ0v) is 13.9. The standard InChI is InChI=1S/C20H19NO3/c1-13(14-7-5-4-6-8-14)21-17-11-15(19(23)24)9-10-16(17)20(2,3)18(21)12-22/h4-11,13H,1-3H3,(H,23,24). The average molecular weight is 321 g/mol. The second-order valence-electron chi connectivity index (χ2n) is 6.57. The lowest BCUT2D eigenvalue weighted by Crippen LogP contribution is -2.29. The average Bonchev–Trinajstić information content (AvgIpc) is 2.81. The van der Waals surface area contributed by atoms with Crippen molar-refractivity contribution in [3.05, 3.63) is 70.9 Å². The van der Waals surface area contributed by atoms with Gasteiger partial charge in [0, 0.05) is 11.1 Å². The van der Waals surface area contributed by atoms with Gasteiger partial charge in [-0.3, -0.25) is 0 Å². The number of nitrogens with zero attached hydrogens (tertiary/aromatic N) is 1. The molecule has 24 heavy (non-hydrogen) atoms. The molecule has 4 nitrogen and oxygen atoms in total. The largest absolute Gasteiger partial charge is 0.478 e. The molecule has 0 saturated heterocycles. The molecule has 1 unspecified atom stereocenters. The van der Waals surface area contributed by atoms with Gasteiger partial charge in [-0.1, -0.05) is 36.4 Å². The molecular formula is C20H19NO3. The van der Waals surface area contributed by atoms with Crippen molar-refractivity contribution in [2.45, 2.75) is 32.2 Å². The third kappa shape index (κ3) is 2.32. The number of carboxylic acids is 1. The number of benzene rings is 2. The number of carboxylic acid groups (broad SMARTS) is 1. The second kappa shape index (κ2) is 5.66. The van der Waals surface area contributed by atoms with Gasteiger partial charge in [0.05, 0.1) is 11.6 Å². The summed E-state index contributed by atoms with van der Waals surface area (Å²) in [5.74, 6) is 1.12. The van der Waals surface area contributed by atoms with Crippen LogP contribution in [-0.4, -0.2) is 17.0 Å². The van der Waals surface area contributed by atoms with Crippen LogP contribution in [0.5, 0.6) is 0 Å². The Labute approximate surface area is 141 Å². The van der Waals surface area contributed by atoms with Crippen molar-refractivity contribution in [3.63, 3.8) is 0 Å². The van der Waals surface area contributed by atoms with E-state index in [1.165, 1.54) is 0 Å². The number of rotatable bonds is 3. The molecule has 0 bridgehead atoms. The van der Waals surface area contributed by atoms with Crippen LogP contribution in [0, 0.1) is 0 Å². The van der Waals surface area contributed by atoms with E-state index < -0.39 is 11.4 Å². The van der Waals surface area contributed by atoms with E-state index >= 15 is 0 Å². The quantitative estimate of drug-likeness (QED) is 0.869. The van der Waals surface area contributed by atoms with Crippen LogP contribution < -0.4 is 4.90 Å². The summed E-state index contributed by atoms with van der Waals surface area (Å²) in [5.41, 5.74) is 2.97. The Hall–Kier alpha value is -2.84. The summed E-state index contributed by atoms with van der Waals surface area (Å²) in [6.07, 6.45) is 0. The predicted octanol–water partition coefficient (Wildman–Crippen LogP) is 3.96. The molecule has 1 heterocycles. The monoisotopic (exact) mass is 321 g/mol. The van der Waals surface area contributed by atoms with E-state index in [1.54, 1.807) is 18.2 Å². The third-order valence-electron chi connectivity index (χ3n) is 4.78. The van der Waals surface area contributed by atoms with Crippen molar-refractivity contribution in [2.75, 3.05) is 4.90 Å². The van der Waals surface area contributed by atoms with Crippen molar-refractivity contribution < 1.29 is 14.7 Å². The summed E-state index contributed by atoms with van der Waals surface area (Å²) in [4.78, 5) is 25.0. The van der Waals surface area contributed by atoms with Gasteiger partial charge in [-0.15, -0.1) is 0 Å². The number of hydrogen-bond donors (Lipinski definition) is 1. The zero-order chi connectivity index (χ0) is 17.5. The molecule has 0 radical (unpaired) electrons. The molecule has 0 spiro atoms. The van der Waals surface area contributed by atoms with Crippen LogP contribution in [0.15, 0.2) is 54.2 Å². The Balaban J connectivity index is 2.21. The van der Waals surface area contributed by atoms with Gasteiger partial charge in [-0.05, 0) is 44.0 Å². The molecule has 0 fully saturated rings. The Kier molecular flexibility index (Phi) is 3.78. The van der Waals surface area contributed by atoms with Crippen LogP contribution in [0.3, 0.4) is 0 Å². The highest BCUT2D eigenvalue weighted by atomic mass is 16.4. The molecule has 0 saturated carbocycles. The Morgan fingerprint density at radius 2 is 1.83 bits per heavy atom. The molecule has 1 N–H and O–H groups in total. The Bertz CT molecular complexity index is 848. The van der Waals surface area contributed by atoms with Gasteiger partial charge >= 0.3 is 5.97 Å². The normalized spacial score (nSPS) is 16.5. The second-order valence-corrected chi connectivity index (χ2v) is 6.57. The predicted molar refractivity (Wildman–Crippen MR) is 93.0 cm³/mol. The molecule has 2 aromatic carbocycles. The highest BCUT2D eigenvalue weighted by Crippen LogP contribution is 2.50. The summed E-state index contributed by atoms with van der Waals surface area (Å²) >= 11 is 0. The van der Waals surface area contributed by atoms with E-state index in [0.717, 1.165) is 16.8 Å². The number of hydrogen-bond acceptors (Lipinski definition) is 3. The molecule has 0 amide bonds. The highest BCUT2D eigenvalue weighted by Gasteiger charge is 2.43. The fraction of sp³-hybridized carbons (Fsp3) is 0.250. The molecule has 1 aliphatic heterocycles. The highest BCUT2D eigenvalue weighted by molar-refractivity contribution is 5.91. The van der Waals surface area contributed by atoms with Gasteiger partial charge in [0.25, 0.3) is 0 Å². The molecule has 3 rings (SSSR count). The van der Waals surface area contributed by atoms with Gasteiger partial charge in [-0.2, -0.15) is 0 Å². The van der Waals surface area contributed by atoms with Crippen LogP contribution >= 0.6 is 0 Å². The van der Waals surface area contributed by atoms with Crippen molar-refractivity contribution in [2.24, 2.45) is 0 Å². The molecule has 1 aliphatic rings. The summed E-state index contributed by atoms with van der Waals surface area (Å²) in [6.45, 7) is 5.93. The number of carbonyl (C=O) groups is 1. The lowest BCUT2D eigenvalue weighted by Gasteiger charge is -2.30. The smallest absolute Gasteiger partial charge is 0.335 e. The zero-order valence-electron chi connectivity index (χ0n) is 13.9. The first kappa shape index (κ1) is 16.0. The maximum absolute atomic E-state index is 11.7. The number of fused-ring (bicyclic) bond motifs is 1. The van der Waals surface area contributed by atoms with Gasteiger partial charge in [0.15, 0.2) is 0 Å². The molecule has 0 aromatic heterocycles. The van der Waals surface area contributed by atoms with E-state index in [9.17, 15) is 14.7 Å². The van der Waals surface area contributed by atoms with E-state index in [4.69, 9.17) is 0 Å². The molecule has 4 heteroatoms. The first-order valence-corrected chi connectivity index (χ1v) is 7.85. The number of aromatic carboxylic acids is 1. The Morgan fingerprint density at radius 3 is 2.42 bits per heavy atom. The van der Waals surface area contributed by atoms with Crippen LogP contribution in [0.1, 0.15) is 48.3 Å². The van der Waals surface area contributed by atoms with Crippen molar-refractivity contribution in [1.82, 2.24) is 0 Å². The maximum Gasteiger partial charge on any atom is 0.335 e. The van der Waals surface area contributed by atoms with Crippen LogP contribution in [-0.2, 0) is 10.2 Å². The fourth-order valence-electron chi connectivity index (χ4n) is 3.40. The van der Waals surface area contributed by atoms with Crippen molar-refractivity contribution in [3.8, 4) is 0 Å². The summed E-state index contributed by atoms with van der Waals surface area (Å²) in [7, 11) is 0.